The molecule has 0 aliphatic carbocycles. The van der Waals surface area contributed by atoms with Crippen molar-refractivity contribution in [3.63, 3.8) is 0 Å². The molecular weight excluding hydrogens is 263 g/mol. The summed E-state index contributed by atoms with van der Waals surface area (Å²) in [6.07, 6.45) is 0. The second kappa shape index (κ2) is 4.34. The Morgan fingerprint density at radius 1 is 1.10 bits per heavy atom. The number of hydrogen-bond donors (Lipinski definition) is 2. The van der Waals surface area contributed by atoms with Crippen LogP contribution < -0.4 is 11.2 Å². The average Bonchev–Trinajstić information content (AvgIpc) is 2.40. The number of phenolic OH excluding ortho intramolecular Hbond substituents is 1. The normalized spacial score (nSPS) is 10.8. The largest absolute Gasteiger partial charge is 0.506 e. The maximum atomic E-state index is 13.1. The molecule has 2 aromatic carbocycles. The number of halogens is 1. The Morgan fingerprint density at radius 3 is 2.60 bits per heavy atom. The van der Waals surface area contributed by atoms with Gasteiger partial charge in [-0.3, -0.25) is 4.79 Å². The van der Waals surface area contributed by atoms with Gasteiger partial charge in [-0.25, -0.2) is 13.8 Å². The van der Waals surface area contributed by atoms with Gasteiger partial charge in [0.15, 0.2) is 0 Å². The minimum absolute atomic E-state index is 0.0741. The van der Waals surface area contributed by atoms with Crippen molar-refractivity contribution < 1.29 is 9.50 Å². The first kappa shape index (κ1) is 12.2. The van der Waals surface area contributed by atoms with Crippen LogP contribution in [0.3, 0.4) is 0 Å². The molecule has 0 fully saturated rings. The van der Waals surface area contributed by atoms with E-state index in [0.29, 0.717) is 0 Å². The van der Waals surface area contributed by atoms with Gasteiger partial charge in [0.25, 0.3) is 5.56 Å². The number of para-hydroxylation sites is 2. The molecule has 0 atom stereocenters. The standard InChI is InChI=1S/C14H9FN2O3/c15-8-5-6-9-10(7-8)16-14(20)17(13(9)19)11-3-1-2-4-12(11)18/h1-7,18H,(H,16,20). The molecule has 1 aromatic heterocycles. The summed E-state index contributed by atoms with van der Waals surface area (Å²) in [4.78, 5) is 26.7. The van der Waals surface area contributed by atoms with Gasteiger partial charge < -0.3 is 10.1 Å². The van der Waals surface area contributed by atoms with Crippen molar-refractivity contribution >= 4 is 10.9 Å². The Balaban J connectivity index is 2.44. The van der Waals surface area contributed by atoms with Gasteiger partial charge in [-0.1, -0.05) is 12.1 Å². The van der Waals surface area contributed by atoms with Crippen LogP contribution in [0.2, 0.25) is 0 Å². The van der Waals surface area contributed by atoms with Crippen LogP contribution in [0.15, 0.2) is 52.1 Å². The van der Waals surface area contributed by atoms with Gasteiger partial charge in [-0.05, 0) is 30.3 Å². The summed E-state index contributed by atoms with van der Waals surface area (Å²) in [7, 11) is 0. The van der Waals surface area contributed by atoms with Gasteiger partial charge in [-0.2, -0.15) is 0 Å². The van der Waals surface area contributed by atoms with Crippen molar-refractivity contribution in [3.8, 4) is 11.4 Å². The zero-order valence-corrected chi connectivity index (χ0v) is 10.1. The zero-order valence-electron chi connectivity index (χ0n) is 10.1. The molecule has 0 amide bonds. The van der Waals surface area contributed by atoms with E-state index in [0.717, 1.165) is 16.7 Å². The highest BCUT2D eigenvalue weighted by atomic mass is 19.1. The van der Waals surface area contributed by atoms with Crippen molar-refractivity contribution in [2.45, 2.75) is 0 Å². The fraction of sp³-hybridized carbons (Fsp3) is 0. The third-order valence-corrected chi connectivity index (χ3v) is 2.98. The Hall–Kier alpha value is -2.89. The summed E-state index contributed by atoms with van der Waals surface area (Å²) in [6.45, 7) is 0. The molecule has 3 rings (SSSR count). The third kappa shape index (κ3) is 1.78. The molecule has 0 saturated heterocycles. The first-order chi connectivity index (χ1) is 9.58. The quantitative estimate of drug-likeness (QED) is 0.705. The van der Waals surface area contributed by atoms with Crippen LogP contribution >= 0.6 is 0 Å². The fourth-order valence-electron chi connectivity index (χ4n) is 2.06. The predicted octanol–water partition coefficient (Wildman–Crippen LogP) is 1.52. The van der Waals surface area contributed by atoms with E-state index in [4.69, 9.17) is 0 Å². The van der Waals surface area contributed by atoms with E-state index in [1.165, 1.54) is 18.2 Å². The molecule has 0 bridgehead atoms. The number of aromatic amines is 1. The van der Waals surface area contributed by atoms with Crippen LogP contribution in [-0.4, -0.2) is 14.7 Å². The van der Waals surface area contributed by atoms with Gasteiger partial charge in [-0.15, -0.1) is 0 Å². The summed E-state index contributed by atoms with van der Waals surface area (Å²) >= 11 is 0. The van der Waals surface area contributed by atoms with Crippen molar-refractivity contribution in [1.29, 1.82) is 0 Å². The van der Waals surface area contributed by atoms with E-state index >= 15 is 0 Å². The molecule has 20 heavy (non-hydrogen) atoms. The van der Waals surface area contributed by atoms with Gasteiger partial charge in [0.1, 0.15) is 11.6 Å². The molecule has 0 aliphatic rings. The van der Waals surface area contributed by atoms with Crippen LogP contribution in [0.1, 0.15) is 0 Å². The molecule has 0 saturated carbocycles. The zero-order chi connectivity index (χ0) is 14.3. The molecule has 6 heteroatoms. The second-order valence-corrected chi connectivity index (χ2v) is 4.25. The van der Waals surface area contributed by atoms with Crippen molar-refractivity contribution in [2.24, 2.45) is 0 Å². The maximum Gasteiger partial charge on any atom is 0.333 e. The maximum absolute atomic E-state index is 13.1. The number of benzene rings is 2. The van der Waals surface area contributed by atoms with Crippen molar-refractivity contribution in [2.75, 3.05) is 0 Å². The molecule has 2 N–H and O–H groups in total. The SMILES string of the molecule is O=c1[nH]c2cc(F)ccc2c(=O)n1-c1ccccc1O. The highest BCUT2D eigenvalue weighted by Crippen LogP contribution is 2.18. The Bertz CT molecular complexity index is 928. The Kier molecular flexibility index (Phi) is 2.64. The third-order valence-electron chi connectivity index (χ3n) is 2.98. The number of hydrogen-bond acceptors (Lipinski definition) is 3. The molecule has 0 radical (unpaired) electrons. The second-order valence-electron chi connectivity index (χ2n) is 4.25. The van der Waals surface area contributed by atoms with Crippen LogP contribution in [0.5, 0.6) is 5.75 Å². The smallest absolute Gasteiger partial charge is 0.333 e. The van der Waals surface area contributed by atoms with E-state index < -0.39 is 17.1 Å². The summed E-state index contributed by atoms with van der Waals surface area (Å²) < 4.78 is 13.9. The van der Waals surface area contributed by atoms with Crippen molar-refractivity contribution in [3.05, 3.63) is 69.1 Å². The van der Waals surface area contributed by atoms with Gasteiger partial charge >= 0.3 is 5.69 Å². The van der Waals surface area contributed by atoms with Crippen LogP contribution in [0.4, 0.5) is 4.39 Å². The number of rotatable bonds is 1. The minimum Gasteiger partial charge on any atom is -0.506 e. The Morgan fingerprint density at radius 2 is 1.85 bits per heavy atom. The van der Waals surface area contributed by atoms with E-state index in [2.05, 4.69) is 4.98 Å². The number of nitrogens with one attached hydrogen (secondary N) is 1. The summed E-state index contributed by atoms with van der Waals surface area (Å²) in [5.74, 6) is -0.741. The molecule has 5 nitrogen and oxygen atoms in total. The van der Waals surface area contributed by atoms with Crippen molar-refractivity contribution in [1.82, 2.24) is 9.55 Å². The number of aromatic nitrogens is 2. The molecule has 0 aliphatic heterocycles. The molecule has 3 aromatic rings. The van der Waals surface area contributed by atoms with Crippen LogP contribution in [-0.2, 0) is 0 Å². The van der Waals surface area contributed by atoms with Gasteiger partial charge in [0.2, 0.25) is 0 Å². The molecular formula is C14H9FN2O3. The fourth-order valence-corrected chi connectivity index (χ4v) is 2.06. The lowest BCUT2D eigenvalue weighted by Gasteiger charge is -2.07. The first-order valence-electron chi connectivity index (χ1n) is 5.81. The lowest BCUT2D eigenvalue weighted by molar-refractivity contribution is 0.471. The highest BCUT2D eigenvalue weighted by molar-refractivity contribution is 5.77. The van der Waals surface area contributed by atoms with Gasteiger partial charge in [0, 0.05) is 0 Å². The number of aromatic hydroxyl groups is 1. The first-order valence-corrected chi connectivity index (χ1v) is 5.81. The Labute approximate surface area is 111 Å². The van der Waals surface area contributed by atoms with E-state index in [-0.39, 0.29) is 22.3 Å². The van der Waals surface area contributed by atoms with E-state index in [1.807, 2.05) is 0 Å². The van der Waals surface area contributed by atoms with Crippen LogP contribution in [0.25, 0.3) is 16.6 Å². The molecule has 100 valence electrons. The number of phenols is 1. The summed E-state index contributed by atoms with van der Waals surface area (Å²) in [5.41, 5.74) is -1.17. The van der Waals surface area contributed by atoms with E-state index in [1.54, 1.807) is 12.1 Å². The van der Waals surface area contributed by atoms with Crippen LogP contribution in [0, 0.1) is 5.82 Å². The van der Waals surface area contributed by atoms with Gasteiger partial charge in [0.05, 0.1) is 16.6 Å². The topological polar surface area (TPSA) is 75.1 Å². The monoisotopic (exact) mass is 272 g/mol. The highest BCUT2D eigenvalue weighted by Gasteiger charge is 2.12. The molecule has 0 spiro atoms. The lowest BCUT2D eigenvalue weighted by Crippen LogP contribution is -2.33. The number of fused-ring (bicyclic) bond motifs is 1. The predicted molar refractivity (Wildman–Crippen MR) is 71.8 cm³/mol. The number of H-pyrrole nitrogens is 1. The minimum atomic E-state index is -0.741. The molecule has 1 heterocycles. The lowest BCUT2D eigenvalue weighted by atomic mass is 10.2. The average molecular weight is 272 g/mol. The summed E-state index contributed by atoms with van der Waals surface area (Å²) in [6, 6.07) is 9.49. The molecule has 0 unspecified atom stereocenters. The number of nitrogens with zero attached hydrogens (tertiary/aromatic N) is 1. The van der Waals surface area contributed by atoms with E-state index in [9.17, 15) is 19.1 Å². The summed E-state index contributed by atoms with van der Waals surface area (Å²) in [5, 5.41) is 9.92.